The molecule has 0 bridgehead atoms. The summed E-state index contributed by atoms with van der Waals surface area (Å²) in [6.45, 7) is 2.33. The van der Waals surface area contributed by atoms with Crippen molar-refractivity contribution in [2.45, 2.75) is 13.3 Å². The number of hydrogen-bond donors (Lipinski definition) is 1. The van der Waals surface area contributed by atoms with E-state index in [0.717, 1.165) is 16.7 Å². The lowest BCUT2D eigenvalue weighted by Crippen LogP contribution is -1.96. The van der Waals surface area contributed by atoms with Crippen LogP contribution in [0.1, 0.15) is 28.4 Å². The Labute approximate surface area is 135 Å². The van der Waals surface area contributed by atoms with Gasteiger partial charge in [-0.1, -0.05) is 12.1 Å². The molecule has 0 saturated carbocycles. The number of Topliss-reactive ketones (excluding diaryl/α,β-unsaturated/α-hetero) is 1. The maximum absolute atomic E-state index is 12.5. The Balaban J connectivity index is 1.93. The molecule has 0 spiro atoms. The first-order chi connectivity index (χ1) is 11.1. The van der Waals surface area contributed by atoms with Crippen LogP contribution in [0.2, 0.25) is 0 Å². The molecular weight excluding hydrogens is 292 g/mol. The monoisotopic (exact) mass is 310 g/mol. The molecule has 0 radical (unpaired) electrons. The third kappa shape index (κ3) is 2.93. The van der Waals surface area contributed by atoms with E-state index in [9.17, 15) is 9.90 Å². The number of hydrogen-bond acceptors (Lipinski definition) is 4. The molecule has 0 aliphatic heterocycles. The average Bonchev–Trinajstić information content (AvgIpc) is 2.86. The van der Waals surface area contributed by atoms with Crippen molar-refractivity contribution >= 4 is 11.9 Å². The Morgan fingerprint density at radius 1 is 1.22 bits per heavy atom. The van der Waals surface area contributed by atoms with Crippen LogP contribution in [-0.4, -0.2) is 24.6 Å². The number of aromatic hydroxyl groups is 1. The summed E-state index contributed by atoms with van der Waals surface area (Å²) >= 11 is 0. The number of phenolic OH excluding ortho intramolecular Hbond substituents is 1. The van der Waals surface area contributed by atoms with E-state index < -0.39 is 0 Å². The summed E-state index contributed by atoms with van der Waals surface area (Å²) in [5, 5.41) is 9.75. The zero-order chi connectivity index (χ0) is 16.4. The summed E-state index contributed by atoms with van der Waals surface area (Å²) in [5.41, 5.74) is 3.25. The van der Waals surface area contributed by atoms with Gasteiger partial charge in [-0.15, -0.1) is 0 Å². The maximum atomic E-state index is 12.5. The zero-order valence-electron chi connectivity index (χ0n) is 13.1. The fourth-order valence-electron chi connectivity index (χ4n) is 2.72. The van der Waals surface area contributed by atoms with E-state index in [2.05, 4.69) is 0 Å². The molecule has 2 aromatic carbocycles. The van der Waals surface area contributed by atoms with E-state index in [1.807, 2.05) is 25.1 Å². The zero-order valence-corrected chi connectivity index (χ0v) is 13.1. The van der Waals surface area contributed by atoms with E-state index in [4.69, 9.17) is 9.47 Å². The summed E-state index contributed by atoms with van der Waals surface area (Å²) in [4.78, 5) is 12.5. The third-order valence-electron chi connectivity index (χ3n) is 3.86. The van der Waals surface area contributed by atoms with Crippen LogP contribution >= 0.6 is 0 Å². The minimum Gasteiger partial charge on any atom is -0.504 e. The molecule has 1 aliphatic rings. The number of carbonyl (C=O) groups excluding carboxylic acids is 1. The molecule has 4 nitrogen and oxygen atoms in total. The van der Waals surface area contributed by atoms with E-state index in [-0.39, 0.29) is 11.5 Å². The summed E-state index contributed by atoms with van der Waals surface area (Å²) < 4.78 is 10.6. The molecule has 2 aromatic rings. The van der Waals surface area contributed by atoms with Crippen LogP contribution in [0.15, 0.2) is 42.0 Å². The first-order valence-electron chi connectivity index (χ1n) is 7.50. The maximum Gasteiger partial charge on any atom is 0.189 e. The topological polar surface area (TPSA) is 55.8 Å². The van der Waals surface area contributed by atoms with Crippen LogP contribution in [-0.2, 0) is 6.42 Å². The first-order valence-corrected chi connectivity index (χ1v) is 7.50. The summed E-state index contributed by atoms with van der Waals surface area (Å²) in [5.74, 6) is 1.22. The molecule has 0 fully saturated rings. The van der Waals surface area contributed by atoms with Gasteiger partial charge >= 0.3 is 0 Å². The Bertz CT molecular complexity index is 790. The van der Waals surface area contributed by atoms with Crippen molar-refractivity contribution in [2.24, 2.45) is 0 Å². The van der Waals surface area contributed by atoms with Gasteiger partial charge in [0.05, 0.1) is 13.7 Å². The molecule has 1 N–H and O–H groups in total. The summed E-state index contributed by atoms with van der Waals surface area (Å²) in [6.07, 6.45) is 2.44. The van der Waals surface area contributed by atoms with Crippen LogP contribution < -0.4 is 9.47 Å². The quantitative estimate of drug-likeness (QED) is 0.876. The van der Waals surface area contributed by atoms with Gasteiger partial charge in [-0.2, -0.15) is 0 Å². The van der Waals surface area contributed by atoms with E-state index >= 15 is 0 Å². The fourth-order valence-corrected chi connectivity index (χ4v) is 2.72. The summed E-state index contributed by atoms with van der Waals surface area (Å²) in [6, 6.07) is 10.6. The highest BCUT2D eigenvalue weighted by atomic mass is 16.5. The van der Waals surface area contributed by atoms with Crippen molar-refractivity contribution in [1.82, 2.24) is 0 Å². The number of rotatable bonds is 4. The Morgan fingerprint density at radius 3 is 2.78 bits per heavy atom. The van der Waals surface area contributed by atoms with Crippen molar-refractivity contribution in [3.63, 3.8) is 0 Å². The highest BCUT2D eigenvalue weighted by Crippen LogP contribution is 2.32. The molecular formula is C19H18O4. The smallest absolute Gasteiger partial charge is 0.189 e. The van der Waals surface area contributed by atoms with Gasteiger partial charge in [0, 0.05) is 17.6 Å². The summed E-state index contributed by atoms with van der Waals surface area (Å²) in [7, 11) is 1.59. The van der Waals surface area contributed by atoms with Crippen LogP contribution in [0.4, 0.5) is 0 Å². The molecule has 1 aliphatic carbocycles. The number of allylic oxidation sites excluding steroid dienone is 1. The van der Waals surface area contributed by atoms with E-state index in [0.29, 0.717) is 30.1 Å². The number of phenols is 1. The number of ether oxygens (including phenoxy) is 2. The minimum atomic E-state index is 0.0185. The van der Waals surface area contributed by atoms with Crippen LogP contribution in [0, 0.1) is 0 Å². The number of ketones is 1. The van der Waals surface area contributed by atoms with Gasteiger partial charge in [0.15, 0.2) is 17.3 Å². The predicted octanol–water partition coefficient (Wildman–Crippen LogP) is 3.62. The second-order valence-corrected chi connectivity index (χ2v) is 5.36. The van der Waals surface area contributed by atoms with E-state index in [1.165, 1.54) is 0 Å². The highest BCUT2D eigenvalue weighted by molar-refractivity contribution is 6.15. The molecule has 3 rings (SSSR count). The van der Waals surface area contributed by atoms with E-state index in [1.54, 1.807) is 31.4 Å². The molecule has 118 valence electrons. The van der Waals surface area contributed by atoms with Gasteiger partial charge in [0.1, 0.15) is 5.75 Å². The number of carbonyl (C=O) groups is 1. The molecule has 0 atom stereocenters. The fraction of sp³-hybridized carbons (Fsp3) is 0.211. The molecule has 0 amide bonds. The van der Waals surface area contributed by atoms with Crippen molar-refractivity contribution < 1.29 is 19.4 Å². The lowest BCUT2D eigenvalue weighted by atomic mass is 10.1. The normalized spacial score (nSPS) is 14.9. The molecule has 0 aromatic heterocycles. The Morgan fingerprint density at radius 2 is 2.04 bits per heavy atom. The van der Waals surface area contributed by atoms with Crippen LogP contribution in [0.3, 0.4) is 0 Å². The SMILES string of the molecule is CCOc1cc(/C=C2\Cc3ccc(OC)cc3C2=O)ccc1O. The van der Waals surface area contributed by atoms with Crippen molar-refractivity contribution in [1.29, 1.82) is 0 Å². The molecule has 0 heterocycles. The second kappa shape index (κ2) is 6.16. The van der Waals surface area contributed by atoms with Crippen molar-refractivity contribution in [3.8, 4) is 17.2 Å². The Hall–Kier alpha value is -2.75. The van der Waals surface area contributed by atoms with Gasteiger partial charge in [0.25, 0.3) is 0 Å². The highest BCUT2D eigenvalue weighted by Gasteiger charge is 2.25. The molecule has 23 heavy (non-hydrogen) atoms. The van der Waals surface area contributed by atoms with Gasteiger partial charge in [-0.25, -0.2) is 0 Å². The molecule has 0 unspecified atom stereocenters. The van der Waals surface area contributed by atoms with Crippen molar-refractivity contribution in [2.75, 3.05) is 13.7 Å². The lowest BCUT2D eigenvalue weighted by Gasteiger charge is -2.06. The third-order valence-corrected chi connectivity index (χ3v) is 3.86. The number of fused-ring (bicyclic) bond motifs is 1. The van der Waals surface area contributed by atoms with Gasteiger partial charge in [-0.3, -0.25) is 4.79 Å². The van der Waals surface area contributed by atoms with Crippen LogP contribution in [0.5, 0.6) is 17.2 Å². The average molecular weight is 310 g/mol. The standard InChI is InChI=1S/C19H18O4/c1-3-23-18-9-12(4-7-17(18)20)8-14-10-13-5-6-15(22-2)11-16(13)19(14)21/h4-9,11,20H,3,10H2,1-2H3/b14-8+. The lowest BCUT2D eigenvalue weighted by molar-refractivity contribution is 0.104. The minimum absolute atomic E-state index is 0.0185. The first kappa shape index (κ1) is 15.2. The van der Waals surface area contributed by atoms with Gasteiger partial charge in [0.2, 0.25) is 0 Å². The predicted molar refractivity (Wildman–Crippen MR) is 88.3 cm³/mol. The largest absolute Gasteiger partial charge is 0.504 e. The molecule has 4 heteroatoms. The number of methoxy groups -OCH3 is 1. The Kier molecular flexibility index (Phi) is 4.06. The molecule has 0 saturated heterocycles. The van der Waals surface area contributed by atoms with Crippen LogP contribution in [0.25, 0.3) is 6.08 Å². The van der Waals surface area contributed by atoms with Gasteiger partial charge < -0.3 is 14.6 Å². The second-order valence-electron chi connectivity index (χ2n) is 5.36. The number of benzene rings is 2. The van der Waals surface area contributed by atoms with Crippen molar-refractivity contribution in [3.05, 3.63) is 58.7 Å². The van der Waals surface area contributed by atoms with Gasteiger partial charge in [-0.05, 0) is 48.4 Å².